The molecule has 0 aliphatic carbocycles. The van der Waals surface area contributed by atoms with Gasteiger partial charge in [-0.25, -0.2) is 24.3 Å². The summed E-state index contributed by atoms with van der Waals surface area (Å²) in [5, 5.41) is 6.36. The lowest BCUT2D eigenvalue weighted by atomic mass is 10.1. The molecule has 4 rings (SSSR count). The Morgan fingerprint density at radius 3 is 3.00 bits per heavy atom. The second kappa shape index (κ2) is 7.35. The molecule has 9 heteroatoms. The predicted molar refractivity (Wildman–Crippen MR) is 97.2 cm³/mol. The second-order valence-corrected chi connectivity index (χ2v) is 6.42. The van der Waals surface area contributed by atoms with Crippen molar-refractivity contribution in [3.63, 3.8) is 0 Å². The van der Waals surface area contributed by atoms with E-state index in [-0.39, 0.29) is 5.02 Å². The van der Waals surface area contributed by atoms with Gasteiger partial charge in [-0.1, -0.05) is 11.6 Å². The number of nitrogens with zero attached hydrogens (tertiary/aromatic N) is 4. The van der Waals surface area contributed by atoms with E-state index < -0.39 is 5.82 Å². The van der Waals surface area contributed by atoms with E-state index in [4.69, 9.17) is 16.3 Å². The third-order valence-corrected chi connectivity index (χ3v) is 4.42. The lowest BCUT2D eigenvalue weighted by Crippen LogP contribution is -2.15. The molecule has 0 amide bonds. The van der Waals surface area contributed by atoms with Crippen LogP contribution in [0.15, 0.2) is 30.7 Å². The highest BCUT2D eigenvalue weighted by Gasteiger charge is 2.16. The van der Waals surface area contributed by atoms with Gasteiger partial charge >= 0.3 is 0 Å². The average molecular weight is 375 g/mol. The smallest absolute Gasteiger partial charge is 0.223 e. The Bertz CT molecular complexity index is 934. The highest BCUT2D eigenvalue weighted by molar-refractivity contribution is 6.31. The van der Waals surface area contributed by atoms with Gasteiger partial charge in [0.2, 0.25) is 5.95 Å². The molecular weight excluding hydrogens is 359 g/mol. The number of ether oxygens (including phenoxy) is 1. The summed E-state index contributed by atoms with van der Waals surface area (Å²) in [6.45, 7) is 2.30. The summed E-state index contributed by atoms with van der Waals surface area (Å²) >= 11 is 5.83. The first-order chi connectivity index (χ1) is 12.7. The number of rotatable bonds is 5. The maximum atomic E-state index is 13.3. The topological polar surface area (TPSA) is 84.9 Å². The van der Waals surface area contributed by atoms with Crippen LogP contribution in [-0.2, 0) is 4.74 Å². The van der Waals surface area contributed by atoms with E-state index in [1.165, 1.54) is 18.5 Å². The Hall–Kier alpha value is -2.58. The number of aromatic nitrogens is 4. The summed E-state index contributed by atoms with van der Waals surface area (Å²) in [6.07, 6.45) is 4.09. The Labute approximate surface area is 154 Å². The van der Waals surface area contributed by atoms with Gasteiger partial charge < -0.3 is 15.4 Å². The molecule has 3 heterocycles. The molecule has 2 N–H and O–H groups in total. The molecule has 1 aromatic carbocycles. The summed E-state index contributed by atoms with van der Waals surface area (Å²) in [5.74, 6) is 0.974. The fourth-order valence-electron chi connectivity index (χ4n) is 2.72. The molecule has 7 nitrogen and oxygen atoms in total. The Morgan fingerprint density at radius 2 is 2.19 bits per heavy atom. The number of anilines is 3. The fourth-order valence-corrected chi connectivity index (χ4v) is 2.90. The molecule has 1 unspecified atom stereocenters. The summed E-state index contributed by atoms with van der Waals surface area (Å²) in [5.41, 5.74) is 1.77. The number of benzene rings is 1. The molecule has 1 saturated heterocycles. The highest BCUT2D eigenvalue weighted by Crippen LogP contribution is 2.25. The van der Waals surface area contributed by atoms with Crippen molar-refractivity contribution in [2.24, 2.45) is 5.92 Å². The predicted octanol–water partition coefficient (Wildman–Crippen LogP) is 3.40. The van der Waals surface area contributed by atoms with Gasteiger partial charge in [0.25, 0.3) is 0 Å². The van der Waals surface area contributed by atoms with Crippen LogP contribution >= 0.6 is 11.6 Å². The third-order valence-electron chi connectivity index (χ3n) is 4.13. The maximum absolute atomic E-state index is 13.3. The molecule has 26 heavy (non-hydrogen) atoms. The largest absolute Gasteiger partial charge is 0.381 e. The number of nitrogens with one attached hydrogen (secondary N) is 2. The van der Waals surface area contributed by atoms with Crippen molar-refractivity contribution in [3.05, 3.63) is 41.6 Å². The Balaban J connectivity index is 1.59. The van der Waals surface area contributed by atoms with Crippen molar-refractivity contribution >= 4 is 40.1 Å². The van der Waals surface area contributed by atoms with Crippen LogP contribution in [0.3, 0.4) is 0 Å². The molecule has 3 aromatic rings. The molecular formula is C17H16ClFN6O. The third kappa shape index (κ3) is 3.66. The summed E-state index contributed by atoms with van der Waals surface area (Å²) in [4.78, 5) is 17.2. The highest BCUT2D eigenvalue weighted by atomic mass is 35.5. The van der Waals surface area contributed by atoms with E-state index in [9.17, 15) is 4.39 Å². The number of halogens is 2. The molecule has 1 atom stereocenters. The zero-order valence-corrected chi connectivity index (χ0v) is 14.5. The van der Waals surface area contributed by atoms with E-state index in [1.54, 1.807) is 12.3 Å². The minimum absolute atomic E-state index is 0.0316. The van der Waals surface area contributed by atoms with Crippen LogP contribution in [-0.4, -0.2) is 39.7 Å². The quantitative estimate of drug-likeness (QED) is 0.707. The van der Waals surface area contributed by atoms with Crippen LogP contribution in [0.4, 0.5) is 21.8 Å². The van der Waals surface area contributed by atoms with Gasteiger partial charge in [-0.15, -0.1) is 0 Å². The maximum Gasteiger partial charge on any atom is 0.223 e. The minimum Gasteiger partial charge on any atom is -0.381 e. The normalized spacial score (nSPS) is 16.8. The van der Waals surface area contributed by atoms with Crippen molar-refractivity contribution in [3.8, 4) is 0 Å². The van der Waals surface area contributed by atoms with Crippen molar-refractivity contribution < 1.29 is 9.13 Å². The number of hydrogen-bond acceptors (Lipinski definition) is 7. The van der Waals surface area contributed by atoms with Gasteiger partial charge in [-0.3, -0.25) is 0 Å². The fraction of sp³-hybridized carbons (Fsp3) is 0.294. The van der Waals surface area contributed by atoms with Crippen LogP contribution in [0, 0.1) is 11.7 Å². The summed E-state index contributed by atoms with van der Waals surface area (Å²) in [7, 11) is 0. The average Bonchev–Trinajstić information content (AvgIpc) is 3.17. The summed E-state index contributed by atoms with van der Waals surface area (Å²) < 4.78 is 18.7. The molecule has 134 valence electrons. The first-order valence-corrected chi connectivity index (χ1v) is 8.58. The zero-order valence-electron chi connectivity index (χ0n) is 13.7. The van der Waals surface area contributed by atoms with Gasteiger partial charge in [-0.2, -0.15) is 0 Å². The van der Waals surface area contributed by atoms with Gasteiger partial charge in [-0.05, 0) is 24.6 Å². The van der Waals surface area contributed by atoms with Crippen LogP contribution in [0.25, 0.3) is 11.0 Å². The van der Waals surface area contributed by atoms with Crippen LogP contribution in [0.2, 0.25) is 5.02 Å². The van der Waals surface area contributed by atoms with E-state index >= 15 is 0 Å². The van der Waals surface area contributed by atoms with E-state index in [1.807, 2.05) is 0 Å². The monoisotopic (exact) mass is 374 g/mol. The van der Waals surface area contributed by atoms with Gasteiger partial charge in [0.1, 0.15) is 23.2 Å². The van der Waals surface area contributed by atoms with Crippen molar-refractivity contribution in [1.29, 1.82) is 0 Å². The van der Waals surface area contributed by atoms with Gasteiger partial charge in [0.15, 0.2) is 5.82 Å². The lowest BCUT2D eigenvalue weighted by Gasteiger charge is -2.11. The van der Waals surface area contributed by atoms with Gasteiger partial charge in [0, 0.05) is 24.8 Å². The van der Waals surface area contributed by atoms with E-state index in [2.05, 4.69) is 30.6 Å². The molecule has 1 fully saturated rings. The molecule has 1 aliphatic heterocycles. The van der Waals surface area contributed by atoms with Crippen molar-refractivity contribution in [2.45, 2.75) is 6.42 Å². The molecule has 2 aromatic heterocycles. The molecule has 0 spiro atoms. The Kier molecular flexibility index (Phi) is 4.77. The Morgan fingerprint density at radius 1 is 1.27 bits per heavy atom. The van der Waals surface area contributed by atoms with E-state index in [0.717, 1.165) is 26.2 Å². The molecule has 0 radical (unpaired) electrons. The van der Waals surface area contributed by atoms with E-state index in [0.29, 0.717) is 34.4 Å². The SMILES string of the molecule is Fc1ccc(Nc2ncnc3cnc(NCC4CCOC4)nc23)cc1Cl. The van der Waals surface area contributed by atoms with Gasteiger partial charge in [0.05, 0.1) is 17.8 Å². The van der Waals surface area contributed by atoms with Crippen LogP contribution in [0.5, 0.6) is 0 Å². The summed E-state index contributed by atoms with van der Waals surface area (Å²) in [6, 6.07) is 4.36. The molecule has 1 aliphatic rings. The van der Waals surface area contributed by atoms with Crippen LogP contribution in [0.1, 0.15) is 6.42 Å². The van der Waals surface area contributed by atoms with Crippen LogP contribution < -0.4 is 10.6 Å². The zero-order chi connectivity index (χ0) is 17.9. The van der Waals surface area contributed by atoms with Crippen molar-refractivity contribution in [1.82, 2.24) is 19.9 Å². The first-order valence-electron chi connectivity index (χ1n) is 8.20. The second-order valence-electron chi connectivity index (χ2n) is 6.01. The number of hydrogen-bond donors (Lipinski definition) is 2. The number of fused-ring (bicyclic) bond motifs is 1. The molecule has 0 bridgehead atoms. The van der Waals surface area contributed by atoms with Crippen molar-refractivity contribution in [2.75, 3.05) is 30.4 Å². The standard InChI is InChI=1S/C17H16ClFN6O/c18-12-5-11(1-2-13(12)19)24-16-15-14(22-9-23-16)7-21-17(25-15)20-6-10-3-4-26-8-10/h1-2,5,7,9-10H,3-4,6,8H2,(H,20,21,25)(H,22,23,24). The first kappa shape index (κ1) is 16.9. The minimum atomic E-state index is -0.477. The lowest BCUT2D eigenvalue weighted by molar-refractivity contribution is 0.187. The molecule has 0 saturated carbocycles.